The summed E-state index contributed by atoms with van der Waals surface area (Å²) in [7, 11) is 0. The van der Waals surface area contributed by atoms with Gasteiger partial charge in [-0.25, -0.2) is 9.78 Å². The average molecular weight is 479 g/mol. The first-order valence-corrected chi connectivity index (χ1v) is 12.8. The monoisotopic (exact) mass is 478 g/mol. The third-order valence-electron chi connectivity index (χ3n) is 7.50. The van der Waals surface area contributed by atoms with Crippen molar-refractivity contribution in [2.45, 2.75) is 50.8 Å². The summed E-state index contributed by atoms with van der Waals surface area (Å²) in [5.74, 6) is 0. The fourth-order valence-corrected chi connectivity index (χ4v) is 6.20. The Morgan fingerprint density at radius 1 is 1.12 bits per heavy atom. The molecule has 1 aromatic carbocycles. The number of aliphatic hydroxyl groups is 1. The van der Waals surface area contributed by atoms with Crippen molar-refractivity contribution in [2.75, 3.05) is 13.1 Å². The van der Waals surface area contributed by atoms with Crippen molar-refractivity contribution >= 4 is 17.4 Å². The quantitative estimate of drug-likeness (QED) is 0.583. The molecular weight excluding hydrogens is 448 g/mol. The van der Waals surface area contributed by atoms with Gasteiger partial charge >= 0.3 is 6.03 Å². The number of carbonyl (C=O) groups excluding carboxylic acids is 1. The number of amides is 2. The van der Waals surface area contributed by atoms with Crippen molar-refractivity contribution < 1.29 is 9.90 Å². The summed E-state index contributed by atoms with van der Waals surface area (Å²) < 4.78 is 1.53. The van der Waals surface area contributed by atoms with Crippen molar-refractivity contribution in [1.82, 2.24) is 19.8 Å². The minimum atomic E-state index is -1.06. The van der Waals surface area contributed by atoms with Crippen LogP contribution in [0.15, 0.2) is 65.0 Å². The van der Waals surface area contributed by atoms with Gasteiger partial charge in [0.05, 0.1) is 30.7 Å². The molecule has 1 saturated heterocycles. The van der Waals surface area contributed by atoms with E-state index >= 15 is 0 Å². The lowest BCUT2D eigenvalue weighted by atomic mass is 9.66. The summed E-state index contributed by atoms with van der Waals surface area (Å²) in [4.78, 5) is 33.3. The topological polar surface area (TPSA) is 87.5 Å². The third-order valence-corrected chi connectivity index (χ3v) is 8.38. The van der Waals surface area contributed by atoms with Gasteiger partial charge in [-0.05, 0) is 30.7 Å². The molecule has 0 bridgehead atoms. The van der Waals surface area contributed by atoms with E-state index in [1.54, 1.807) is 17.7 Å². The van der Waals surface area contributed by atoms with Crippen LogP contribution in [0.1, 0.15) is 37.0 Å². The molecule has 1 aliphatic heterocycles. The van der Waals surface area contributed by atoms with Gasteiger partial charge in [0.15, 0.2) is 0 Å². The first-order chi connectivity index (χ1) is 16.5. The molecule has 2 amide bonds. The van der Waals surface area contributed by atoms with E-state index < -0.39 is 11.0 Å². The number of nitrogens with zero attached hydrogens (tertiary/aromatic N) is 3. The molecule has 178 valence electrons. The van der Waals surface area contributed by atoms with Crippen LogP contribution in [0.4, 0.5) is 4.79 Å². The van der Waals surface area contributed by atoms with Crippen LogP contribution in [0.2, 0.25) is 0 Å². The van der Waals surface area contributed by atoms with Gasteiger partial charge in [-0.15, -0.1) is 11.3 Å². The van der Waals surface area contributed by atoms with E-state index in [2.05, 4.69) is 10.3 Å². The maximum Gasteiger partial charge on any atom is 0.317 e. The van der Waals surface area contributed by atoms with Crippen LogP contribution in [-0.4, -0.2) is 44.3 Å². The fraction of sp³-hybridized carbons (Fsp3) is 0.423. The van der Waals surface area contributed by atoms with Crippen LogP contribution in [0.25, 0.3) is 11.3 Å². The highest BCUT2D eigenvalue weighted by Crippen LogP contribution is 2.51. The molecule has 2 N–H and O–H groups in total. The molecule has 0 radical (unpaired) electrons. The molecule has 2 aliphatic rings. The number of piperidine rings is 1. The second-order valence-electron chi connectivity index (χ2n) is 9.53. The summed E-state index contributed by atoms with van der Waals surface area (Å²) >= 11 is 1.62. The Hall–Kier alpha value is -2.97. The summed E-state index contributed by atoms with van der Waals surface area (Å²) in [6.07, 6.45) is 5.72. The maximum absolute atomic E-state index is 12.9. The number of rotatable bonds is 5. The second-order valence-corrected chi connectivity index (χ2v) is 10.6. The number of likely N-dealkylation sites (tertiary alicyclic amines) is 1. The lowest BCUT2D eigenvalue weighted by Gasteiger charge is -2.52. The van der Waals surface area contributed by atoms with Gasteiger partial charge in [-0.3, -0.25) is 9.36 Å². The standard InChI is InChI=1S/C26H30N4O3S/c31-23-15-22(20-7-2-1-3-8-20)28-19-30(23)18-26(33)12-13-29(17-25(26)10-4-5-11-25)24(32)27-16-21-9-6-14-34-21/h1-3,6-9,14-15,19,33H,4-5,10-13,16-18H2,(H,27,32). The van der Waals surface area contributed by atoms with Crippen LogP contribution in [0, 0.1) is 5.41 Å². The molecule has 7 nitrogen and oxygen atoms in total. The molecule has 1 atom stereocenters. The van der Waals surface area contributed by atoms with E-state index in [0.29, 0.717) is 31.7 Å². The van der Waals surface area contributed by atoms with E-state index in [0.717, 1.165) is 36.1 Å². The number of hydrogen-bond acceptors (Lipinski definition) is 5. The minimum Gasteiger partial charge on any atom is -0.387 e. The molecule has 1 spiro atoms. The Kier molecular flexibility index (Phi) is 6.27. The van der Waals surface area contributed by atoms with E-state index in [9.17, 15) is 14.7 Å². The normalized spacial score (nSPS) is 21.6. The molecule has 3 aromatic rings. The maximum atomic E-state index is 12.9. The molecule has 1 saturated carbocycles. The molecule has 34 heavy (non-hydrogen) atoms. The van der Waals surface area contributed by atoms with E-state index in [-0.39, 0.29) is 18.1 Å². The SMILES string of the molecule is O=C(NCc1cccs1)N1CCC(O)(Cn2cnc(-c3ccccc3)cc2=O)C2(CCCC2)C1. The van der Waals surface area contributed by atoms with Crippen LogP contribution < -0.4 is 10.9 Å². The molecular formula is C26H30N4O3S. The number of urea groups is 1. The average Bonchev–Trinajstić information content (AvgIpc) is 3.55. The highest BCUT2D eigenvalue weighted by Gasteiger charge is 2.55. The van der Waals surface area contributed by atoms with E-state index in [4.69, 9.17) is 0 Å². The lowest BCUT2D eigenvalue weighted by Crippen LogP contribution is -2.63. The fourth-order valence-electron chi connectivity index (χ4n) is 5.55. The molecule has 3 heterocycles. The van der Waals surface area contributed by atoms with Crippen LogP contribution in [-0.2, 0) is 13.1 Å². The number of nitrogens with one attached hydrogen (secondary N) is 1. The summed E-state index contributed by atoms with van der Waals surface area (Å²) in [6.45, 7) is 1.67. The zero-order valence-electron chi connectivity index (χ0n) is 19.2. The smallest absolute Gasteiger partial charge is 0.317 e. The van der Waals surface area contributed by atoms with Gasteiger partial charge in [0, 0.05) is 35.0 Å². The number of aromatic nitrogens is 2. The van der Waals surface area contributed by atoms with E-state index in [1.807, 2.05) is 52.7 Å². The molecule has 5 rings (SSSR count). The highest BCUT2D eigenvalue weighted by atomic mass is 32.1. The lowest BCUT2D eigenvalue weighted by molar-refractivity contribution is -0.135. The molecule has 2 aromatic heterocycles. The van der Waals surface area contributed by atoms with Gasteiger partial charge < -0.3 is 15.3 Å². The first kappa shape index (κ1) is 22.8. The summed E-state index contributed by atoms with van der Waals surface area (Å²) in [5, 5.41) is 16.9. The third kappa shape index (κ3) is 4.40. The van der Waals surface area contributed by atoms with Crippen molar-refractivity contribution in [3.05, 3.63) is 75.5 Å². The number of benzene rings is 1. The minimum absolute atomic E-state index is 0.0900. The Morgan fingerprint density at radius 2 is 1.91 bits per heavy atom. The highest BCUT2D eigenvalue weighted by molar-refractivity contribution is 7.09. The molecule has 2 fully saturated rings. The summed E-state index contributed by atoms with van der Waals surface area (Å²) in [6, 6.07) is 15.0. The second kappa shape index (κ2) is 9.35. The van der Waals surface area contributed by atoms with Crippen molar-refractivity contribution in [3.63, 3.8) is 0 Å². The number of carbonyl (C=O) groups is 1. The van der Waals surface area contributed by atoms with Gasteiger partial charge in [-0.2, -0.15) is 0 Å². The predicted octanol–water partition coefficient (Wildman–Crippen LogP) is 3.88. The predicted molar refractivity (Wildman–Crippen MR) is 133 cm³/mol. The Bertz CT molecular complexity index is 1190. The van der Waals surface area contributed by atoms with Crippen molar-refractivity contribution in [2.24, 2.45) is 5.41 Å². The molecule has 8 heteroatoms. The van der Waals surface area contributed by atoms with E-state index in [1.165, 1.54) is 10.6 Å². The Labute approximate surface area is 203 Å². The molecule has 1 unspecified atom stereocenters. The van der Waals surface area contributed by atoms with Gasteiger partial charge in [0.25, 0.3) is 5.56 Å². The van der Waals surface area contributed by atoms with Crippen molar-refractivity contribution in [1.29, 1.82) is 0 Å². The van der Waals surface area contributed by atoms with Crippen LogP contribution in [0.3, 0.4) is 0 Å². The summed E-state index contributed by atoms with van der Waals surface area (Å²) in [5.41, 5.74) is -0.135. The Balaban J connectivity index is 1.32. The van der Waals surface area contributed by atoms with Gasteiger partial charge in [0.2, 0.25) is 0 Å². The number of hydrogen-bond donors (Lipinski definition) is 2. The van der Waals surface area contributed by atoms with Gasteiger partial charge in [0.1, 0.15) is 0 Å². The zero-order valence-corrected chi connectivity index (χ0v) is 20.0. The van der Waals surface area contributed by atoms with Crippen LogP contribution >= 0.6 is 11.3 Å². The zero-order chi connectivity index (χ0) is 23.6. The first-order valence-electron chi connectivity index (χ1n) is 11.9. The van der Waals surface area contributed by atoms with Crippen molar-refractivity contribution in [3.8, 4) is 11.3 Å². The Morgan fingerprint density at radius 3 is 2.62 bits per heavy atom. The van der Waals surface area contributed by atoms with Gasteiger partial charge in [-0.1, -0.05) is 49.2 Å². The molecule has 1 aliphatic carbocycles. The van der Waals surface area contributed by atoms with Crippen LogP contribution in [0.5, 0.6) is 0 Å². The number of thiophene rings is 1. The largest absolute Gasteiger partial charge is 0.387 e.